The number of ether oxygens (including phenoxy) is 1. The maximum absolute atomic E-state index is 14.4. The van der Waals surface area contributed by atoms with Crippen molar-refractivity contribution >= 4 is 11.9 Å². The first-order chi connectivity index (χ1) is 17.2. The number of carbonyl (C=O) groups is 2. The lowest BCUT2D eigenvalue weighted by Crippen LogP contribution is -2.65. The van der Waals surface area contributed by atoms with Crippen molar-refractivity contribution in [1.82, 2.24) is 0 Å². The third-order valence-corrected chi connectivity index (χ3v) is 7.81. The highest BCUT2D eigenvalue weighted by atomic mass is 16.6. The van der Waals surface area contributed by atoms with Gasteiger partial charge in [0.25, 0.3) is 0 Å². The van der Waals surface area contributed by atoms with Gasteiger partial charge in [0, 0.05) is 5.41 Å². The first-order valence-electron chi connectivity index (χ1n) is 11.8. The highest BCUT2D eigenvalue weighted by Gasteiger charge is 2.78. The molecule has 0 aromatic heterocycles. The van der Waals surface area contributed by atoms with Crippen LogP contribution in [0.15, 0.2) is 133 Å². The number of benzene rings is 4. The fraction of sp³-hybridized carbons (Fsp3) is 0.125. The molecule has 170 valence electrons. The van der Waals surface area contributed by atoms with Crippen LogP contribution < -0.4 is 0 Å². The van der Waals surface area contributed by atoms with Crippen molar-refractivity contribution in [2.75, 3.05) is 0 Å². The molecule has 4 aromatic rings. The Balaban J connectivity index is 1.86. The molecular formula is C32H24O3. The standard InChI is InChI=1S/C32H24O3/c33-28-31(26-18-9-3-10-19-26)23-13-22-30(24-14-5-1-6-15-24,25-16-7-2-8-17-25)32(31,29(34)35-28)27-20-11-4-12-21-27/h1-21,23H,22H2. The molecule has 1 fully saturated rings. The molecule has 0 amide bonds. The molecule has 1 heterocycles. The van der Waals surface area contributed by atoms with Crippen LogP contribution in [0.2, 0.25) is 0 Å². The van der Waals surface area contributed by atoms with Crippen LogP contribution in [0.3, 0.4) is 0 Å². The highest BCUT2D eigenvalue weighted by Crippen LogP contribution is 2.66. The number of rotatable bonds is 4. The van der Waals surface area contributed by atoms with Crippen molar-refractivity contribution < 1.29 is 14.3 Å². The van der Waals surface area contributed by atoms with Crippen molar-refractivity contribution in [3.63, 3.8) is 0 Å². The largest absolute Gasteiger partial charge is 0.391 e. The molecule has 0 N–H and O–H groups in total. The topological polar surface area (TPSA) is 43.4 Å². The Morgan fingerprint density at radius 1 is 0.514 bits per heavy atom. The average molecular weight is 457 g/mol. The molecule has 0 saturated carbocycles. The van der Waals surface area contributed by atoms with Gasteiger partial charge in [0.2, 0.25) is 0 Å². The summed E-state index contributed by atoms with van der Waals surface area (Å²) < 4.78 is 5.69. The van der Waals surface area contributed by atoms with Crippen LogP contribution in [0.4, 0.5) is 0 Å². The molecule has 0 bridgehead atoms. The first kappa shape index (κ1) is 21.3. The van der Waals surface area contributed by atoms with E-state index in [1.54, 1.807) is 0 Å². The van der Waals surface area contributed by atoms with Gasteiger partial charge in [-0.1, -0.05) is 133 Å². The van der Waals surface area contributed by atoms with Crippen LogP contribution in [0.5, 0.6) is 0 Å². The molecule has 35 heavy (non-hydrogen) atoms. The van der Waals surface area contributed by atoms with Gasteiger partial charge in [-0.15, -0.1) is 0 Å². The summed E-state index contributed by atoms with van der Waals surface area (Å²) in [5, 5.41) is 0. The molecule has 2 atom stereocenters. The van der Waals surface area contributed by atoms with Gasteiger partial charge in [-0.05, 0) is 28.7 Å². The lowest BCUT2D eigenvalue weighted by atomic mass is 9.41. The zero-order valence-corrected chi connectivity index (χ0v) is 19.1. The van der Waals surface area contributed by atoms with Gasteiger partial charge in [0.15, 0.2) is 0 Å². The van der Waals surface area contributed by atoms with Crippen molar-refractivity contribution in [3.05, 3.63) is 156 Å². The van der Waals surface area contributed by atoms with Gasteiger partial charge in [-0.3, -0.25) is 9.59 Å². The smallest absolute Gasteiger partial charge is 0.329 e. The highest BCUT2D eigenvalue weighted by molar-refractivity contribution is 6.12. The summed E-state index contributed by atoms with van der Waals surface area (Å²) in [6.07, 6.45) is 4.49. The maximum atomic E-state index is 14.4. The molecular weight excluding hydrogens is 432 g/mol. The van der Waals surface area contributed by atoms with E-state index in [-0.39, 0.29) is 0 Å². The summed E-state index contributed by atoms with van der Waals surface area (Å²) in [5.41, 5.74) is -0.167. The van der Waals surface area contributed by atoms with E-state index < -0.39 is 28.2 Å². The molecule has 2 aliphatic rings. The summed E-state index contributed by atoms with van der Waals surface area (Å²) in [6.45, 7) is 0. The zero-order chi connectivity index (χ0) is 23.9. The normalized spacial score (nSPS) is 24.6. The van der Waals surface area contributed by atoms with Crippen molar-refractivity contribution in [2.24, 2.45) is 0 Å². The van der Waals surface area contributed by atoms with E-state index in [4.69, 9.17) is 4.74 Å². The number of cyclic esters (lactones) is 2. The Morgan fingerprint density at radius 2 is 0.943 bits per heavy atom. The maximum Gasteiger partial charge on any atom is 0.329 e. The lowest BCUT2D eigenvalue weighted by molar-refractivity contribution is -0.154. The molecule has 1 saturated heterocycles. The minimum absolute atomic E-state index is 0.519. The Morgan fingerprint density at radius 3 is 1.43 bits per heavy atom. The van der Waals surface area contributed by atoms with Gasteiger partial charge < -0.3 is 4.74 Å². The monoisotopic (exact) mass is 456 g/mol. The molecule has 1 aliphatic heterocycles. The number of allylic oxidation sites excluding steroid dienone is 1. The van der Waals surface area contributed by atoms with Crippen LogP contribution in [-0.4, -0.2) is 11.9 Å². The summed E-state index contributed by atoms with van der Waals surface area (Å²) in [5.74, 6) is -1.06. The number of hydrogen-bond donors (Lipinski definition) is 0. The van der Waals surface area contributed by atoms with Crippen LogP contribution in [0.1, 0.15) is 28.7 Å². The zero-order valence-electron chi connectivity index (χ0n) is 19.1. The Labute approximate surface area is 204 Å². The van der Waals surface area contributed by atoms with Gasteiger partial charge >= 0.3 is 11.9 Å². The van der Waals surface area contributed by atoms with Gasteiger partial charge in [0.1, 0.15) is 10.8 Å². The summed E-state index contributed by atoms with van der Waals surface area (Å²) in [4.78, 5) is 28.4. The van der Waals surface area contributed by atoms with Gasteiger partial charge in [-0.25, -0.2) is 0 Å². The van der Waals surface area contributed by atoms with E-state index in [1.165, 1.54) is 0 Å². The third kappa shape index (κ3) is 2.61. The third-order valence-electron chi connectivity index (χ3n) is 7.81. The molecule has 3 nitrogen and oxygen atoms in total. The Hall–Kier alpha value is -4.24. The predicted molar refractivity (Wildman–Crippen MR) is 135 cm³/mol. The van der Waals surface area contributed by atoms with Crippen LogP contribution in [0.25, 0.3) is 0 Å². The Kier molecular flexibility index (Phi) is 4.82. The minimum atomic E-state index is -1.36. The molecule has 0 spiro atoms. The van der Waals surface area contributed by atoms with E-state index in [2.05, 4.69) is 24.3 Å². The van der Waals surface area contributed by atoms with E-state index in [0.717, 1.165) is 22.3 Å². The second-order valence-corrected chi connectivity index (χ2v) is 9.21. The SMILES string of the molecule is O=C1OC(=O)C2(c3ccccc3)C1(c1ccccc1)C=CCC2(c1ccccc1)c1ccccc1. The average Bonchev–Trinajstić information content (AvgIpc) is 3.18. The molecule has 4 aromatic carbocycles. The number of carbonyl (C=O) groups excluding carboxylic acids is 2. The second-order valence-electron chi connectivity index (χ2n) is 9.21. The number of esters is 2. The fourth-order valence-electron chi connectivity index (χ4n) is 6.52. The lowest BCUT2D eigenvalue weighted by Gasteiger charge is -2.55. The number of fused-ring (bicyclic) bond motifs is 1. The first-order valence-corrected chi connectivity index (χ1v) is 11.8. The molecule has 6 rings (SSSR count). The summed E-state index contributed by atoms with van der Waals surface area (Å²) >= 11 is 0. The van der Waals surface area contributed by atoms with Crippen LogP contribution in [-0.2, 0) is 30.6 Å². The van der Waals surface area contributed by atoms with E-state index in [9.17, 15) is 9.59 Å². The van der Waals surface area contributed by atoms with Crippen LogP contribution >= 0.6 is 0 Å². The van der Waals surface area contributed by atoms with Gasteiger partial charge in [0.05, 0.1) is 0 Å². The Bertz CT molecular complexity index is 1370. The molecule has 0 radical (unpaired) electrons. The van der Waals surface area contributed by atoms with E-state index in [1.807, 2.05) is 109 Å². The molecule has 2 unspecified atom stereocenters. The second kappa shape index (κ2) is 7.92. The van der Waals surface area contributed by atoms with E-state index in [0.29, 0.717) is 6.42 Å². The summed E-state index contributed by atoms with van der Waals surface area (Å²) in [7, 11) is 0. The van der Waals surface area contributed by atoms with Crippen molar-refractivity contribution in [1.29, 1.82) is 0 Å². The molecule has 3 heteroatoms. The quantitative estimate of drug-likeness (QED) is 0.218. The summed E-state index contributed by atoms with van der Waals surface area (Å²) in [6, 6.07) is 39.4. The minimum Gasteiger partial charge on any atom is -0.391 e. The van der Waals surface area contributed by atoms with Gasteiger partial charge in [-0.2, -0.15) is 0 Å². The van der Waals surface area contributed by atoms with Crippen LogP contribution in [0, 0.1) is 0 Å². The predicted octanol–water partition coefficient (Wildman–Crippen LogP) is 5.89. The van der Waals surface area contributed by atoms with Crippen molar-refractivity contribution in [3.8, 4) is 0 Å². The number of hydrogen-bond acceptors (Lipinski definition) is 3. The molecule has 1 aliphatic carbocycles. The van der Waals surface area contributed by atoms with E-state index >= 15 is 0 Å². The van der Waals surface area contributed by atoms with Crippen molar-refractivity contribution in [2.45, 2.75) is 22.7 Å². The fourth-order valence-corrected chi connectivity index (χ4v) is 6.52.